The average molecular weight is 293 g/mol. The van der Waals surface area contributed by atoms with E-state index in [0.29, 0.717) is 5.15 Å². The largest absolute Gasteiger partial charge is 0.326 e. The number of hydrogen-bond acceptors (Lipinski definition) is 3. The summed E-state index contributed by atoms with van der Waals surface area (Å²) < 4.78 is 0. The predicted molar refractivity (Wildman–Crippen MR) is 79.6 cm³/mol. The summed E-state index contributed by atoms with van der Waals surface area (Å²) in [7, 11) is 0. The molecule has 1 N–H and O–H groups in total. The molecule has 3 nitrogen and oxygen atoms in total. The highest BCUT2D eigenvalue weighted by atomic mass is 35.5. The third kappa shape index (κ3) is 4.58. The van der Waals surface area contributed by atoms with E-state index in [4.69, 9.17) is 11.6 Å². The van der Waals surface area contributed by atoms with Gasteiger partial charge in [-0.1, -0.05) is 17.7 Å². The van der Waals surface area contributed by atoms with Crippen LogP contribution in [0.15, 0.2) is 47.4 Å². The summed E-state index contributed by atoms with van der Waals surface area (Å²) in [4.78, 5) is 16.3. The second kappa shape index (κ2) is 6.59. The van der Waals surface area contributed by atoms with Crippen molar-refractivity contribution in [2.75, 3.05) is 5.32 Å². The van der Waals surface area contributed by atoms with Crippen molar-refractivity contribution in [1.29, 1.82) is 0 Å². The number of amides is 1. The van der Waals surface area contributed by atoms with Crippen LogP contribution in [0.4, 0.5) is 5.69 Å². The predicted octanol–water partition coefficient (Wildman–Crippen LogP) is 3.99. The molecule has 2 aromatic rings. The molecule has 98 valence electrons. The molecule has 0 bridgehead atoms. The standard InChI is InChI=1S/C14H13ClN2OS/c1-10(18)16-11-5-7-13(8-6-11)19-9-12-3-2-4-14(15)17-12/h2-8H,9H2,1H3,(H,16,18). The van der Waals surface area contributed by atoms with Gasteiger partial charge in [0.15, 0.2) is 0 Å². The van der Waals surface area contributed by atoms with Gasteiger partial charge in [-0.05, 0) is 36.4 Å². The Morgan fingerprint density at radius 3 is 2.63 bits per heavy atom. The molecule has 0 fully saturated rings. The summed E-state index contributed by atoms with van der Waals surface area (Å²) in [6, 6.07) is 13.3. The fourth-order valence-electron chi connectivity index (χ4n) is 1.53. The first-order chi connectivity index (χ1) is 9.13. The third-order valence-corrected chi connectivity index (χ3v) is 3.59. The normalized spacial score (nSPS) is 10.2. The third-order valence-electron chi connectivity index (χ3n) is 2.33. The fourth-order valence-corrected chi connectivity index (χ4v) is 2.51. The number of carbonyl (C=O) groups excluding carboxylic acids is 1. The molecule has 1 aromatic carbocycles. The van der Waals surface area contributed by atoms with E-state index in [9.17, 15) is 4.79 Å². The molecule has 0 aliphatic rings. The van der Waals surface area contributed by atoms with Crippen LogP contribution in [-0.2, 0) is 10.5 Å². The van der Waals surface area contributed by atoms with E-state index < -0.39 is 0 Å². The number of pyridine rings is 1. The zero-order valence-corrected chi connectivity index (χ0v) is 12.0. The van der Waals surface area contributed by atoms with Crippen LogP contribution in [0.3, 0.4) is 0 Å². The molecule has 0 radical (unpaired) electrons. The highest BCUT2D eigenvalue weighted by Crippen LogP contribution is 2.24. The number of thioether (sulfide) groups is 1. The molecule has 0 unspecified atom stereocenters. The highest BCUT2D eigenvalue weighted by molar-refractivity contribution is 7.98. The van der Waals surface area contributed by atoms with Crippen molar-refractivity contribution in [3.63, 3.8) is 0 Å². The number of rotatable bonds is 4. The molecule has 0 aliphatic heterocycles. The number of halogens is 1. The summed E-state index contributed by atoms with van der Waals surface area (Å²) in [5.41, 5.74) is 1.75. The van der Waals surface area contributed by atoms with Gasteiger partial charge in [-0.2, -0.15) is 0 Å². The van der Waals surface area contributed by atoms with E-state index in [1.165, 1.54) is 6.92 Å². The van der Waals surface area contributed by atoms with E-state index in [0.717, 1.165) is 22.0 Å². The maximum absolute atomic E-state index is 10.9. The molecule has 1 amide bonds. The number of benzene rings is 1. The number of nitrogens with zero attached hydrogens (tertiary/aromatic N) is 1. The van der Waals surface area contributed by atoms with Gasteiger partial charge in [0.05, 0.1) is 5.69 Å². The zero-order chi connectivity index (χ0) is 13.7. The van der Waals surface area contributed by atoms with Gasteiger partial charge in [0, 0.05) is 23.3 Å². The Kier molecular flexibility index (Phi) is 4.82. The van der Waals surface area contributed by atoms with Crippen LogP contribution >= 0.6 is 23.4 Å². The first-order valence-corrected chi connectivity index (χ1v) is 7.12. The zero-order valence-electron chi connectivity index (χ0n) is 10.4. The second-order valence-corrected chi connectivity index (χ2v) is 5.38. The molecule has 0 spiro atoms. The van der Waals surface area contributed by atoms with Crippen molar-refractivity contribution in [3.8, 4) is 0 Å². The van der Waals surface area contributed by atoms with Crippen LogP contribution in [0.1, 0.15) is 12.6 Å². The Morgan fingerprint density at radius 2 is 2.00 bits per heavy atom. The molecular weight excluding hydrogens is 280 g/mol. The molecule has 19 heavy (non-hydrogen) atoms. The summed E-state index contributed by atoms with van der Waals surface area (Å²) in [5, 5.41) is 3.25. The lowest BCUT2D eigenvalue weighted by Gasteiger charge is -2.04. The maximum Gasteiger partial charge on any atom is 0.221 e. The Labute approximate surface area is 121 Å². The van der Waals surface area contributed by atoms with Gasteiger partial charge in [-0.3, -0.25) is 4.79 Å². The topological polar surface area (TPSA) is 42.0 Å². The lowest BCUT2D eigenvalue weighted by molar-refractivity contribution is -0.114. The van der Waals surface area contributed by atoms with Crippen molar-refractivity contribution >= 4 is 35.0 Å². The molecule has 1 heterocycles. The minimum atomic E-state index is -0.0662. The summed E-state index contributed by atoms with van der Waals surface area (Å²) in [5.74, 6) is 0.698. The van der Waals surface area contributed by atoms with Crippen molar-refractivity contribution in [2.45, 2.75) is 17.6 Å². The lowest BCUT2D eigenvalue weighted by atomic mass is 10.3. The van der Waals surface area contributed by atoms with Gasteiger partial charge in [0.25, 0.3) is 0 Å². The molecule has 0 saturated heterocycles. The van der Waals surface area contributed by atoms with Crippen molar-refractivity contribution < 1.29 is 4.79 Å². The van der Waals surface area contributed by atoms with Gasteiger partial charge in [0.2, 0.25) is 5.91 Å². The van der Waals surface area contributed by atoms with Crippen molar-refractivity contribution in [3.05, 3.63) is 53.3 Å². The first kappa shape index (κ1) is 13.9. The molecule has 0 atom stereocenters. The molecule has 0 saturated carbocycles. The van der Waals surface area contributed by atoms with Crippen LogP contribution < -0.4 is 5.32 Å². The van der Waals surface area contributed by atoms with Gasteiger partial charge in [0.1, 0.15) is 5.15 Å². The Hall–Kier alpha value is -1.52. The monoisotopic (exact) mass is 292 g/mol. The molecule has 2 rings (SSSR count). The second-order valence-electron chi connectivity index (χ2n) is 3.95. The summed E-state index contributed by atoms with van der Waals surface area (Å²) >= 11 is 7.51. The first-order valence-electron chi connectivity index (χ1n) is 5.75. The fraction of sp³-hybridized carbons (Fsp3) is 0.143. The van der Waals surface area contributed by atoms with Crippen LogP contribution in [0.25, 0.3) is 0 Å². The maximum atomic E-state index is 10.9. The van der Waals surface area contributed by atoms with Crippen molar-refractivity contribution in [1.82, 2.24) is 4.98 Å². The van der Waals surface area contributed by atoms with E-state index in [-0.39, 0.29) is 5.91 Å². The van der Waals surface area contributed by atoms with Crippen LogP contribution in [0.5, 0.6) is 0 Å². The van der Waals surface area contributed by atoms with Crippen LogP contribution in [-0.4, -0.2) is 10.9 Å². The molecular formula is C14H13ClN2OS. The van der Waals surface area contributed by atoms with Crippen LogP contribution in [0.2, 0.25) is 5.15 Å². The smallest absolute Gasteiger partial charge is 0.221 e. The van der Waals surface area contributed by atoms with E-state index in [2.05, 4.69) is 10.3 Å². The Balaban J connectivity index is 1.94. The van der Waals surface area contributed by atoms with Gasteiger partial charge < -0.3 is 5.32 Å². The summed E-state index contributed by atoms with van der Waals surface area (Å²) in [6.07, 6.45) is 0. The van der Waals surface area contributed by atoms with Gasteiger partial charge in [-0.25, -0.2) is 4.98 Å². The number of nitrogens with one attached hydrogen (secondary N) is 1. The molecule has 0 aliphatic carbocycles. The van der Waals surface area contributed by atoms with E-state index in [1.54, 1.807) is 17.8 Å². The lowest BCUT2D eigenvalue weighted by Crippen LogP contribution is -2.05. The molecule has 1 aromatic heterocycles. The summed E-state index contributed by atoms with van der Waals surface area (Å²) in [6.45, 7) is 1.49. The Bertz CT molecular complexity index is 572. The quantitative estimate of drug-likeness (QED) is 0.684. The average Bonchev–Trinajstić information content (AvgIpc) is 2.37. The minimum Gasteiger partial charge on any atom is -0.326 e. The van der Waals surface area contributed by atoms with Crippen molar-refractivity contribution in [2.24, 2.45) is 0 Å². The number of aromatic nitrogens is 1. The van der Waals surface area contributed by atoms with Gasteiger partial charge in [-0.15, -0.1) is 11.8 Å². The van der Waals surface area contributed by atoms with E-state index in [1.807, 2.05) is 36.4 Å². The number of hydrogen-bond donors (Lipinski definition) is 1. The van der Waals surface area contributed by atoms with E-state index >= 15 is 0 Å². The van der Waals surface area contributed by atoms with Crippen LogP contribution in [0, 0.1) is 0 Å². The number of anilines is 1. The van der Waals surface area contributed by atoms with Gasteiger partial charge >= 0.3 is 0 Å². The highest BCUT2D eigenvalue weighted by Gasteiger charge is 2.00. The Morgan fingerprint density at radius 1 is 1.26 bits per heavy atom. The minimum absolute atomic E-state index is 0.0662. The molecule has 5 heteroatoms. The SMILES string of the molecule is CC(=O)Nc1ccc(SCc2cccc(Cl)n2)cc1. The number of carbonyl (C=O) groups is 1.